The fourth-order valence-electron chi connectivity index (χ4n) is 4.23. The van der Waals surface area contributed by atoms with E-state index in [1.807, 2.05) is 56.3 Å². The summed E-state index contributed by atoms with van der Waals surface area (Å²) in [7, 11) is 0. The zero-order valence-corrected chi connectivity index (χ0v) is 20.1. The van der Waals surface area contributed by atoms with Crippen LogP contribution in [0.4, 0.5) is 0 Å². The molecule has 0 fully saturated rings. The Morgan fingerprint density at radius 2 is 1.38 bits per heavy atom. The Morgan fingerprint density at radius 1 is 0.794 bits per heavy atom. The SMILES string of the molecule is CCC(C)NC(=O)C(=O)c1ccc2c(c1)c1cc(C(=O)c3ccccc3)ccc1n2CC(C)C. The number of amides is 1. The second kappa shape index (κ2) is 9.64. The van der Waals surface area contributed by atoms with Crippen LogP contribution < -0.4 is 5.32 Å². The van der Waals surface area contributed by atoms with Gasteiger partial charge in [-0.1, -0.05) is 51.1 Å². The Balaban J connectivity index is 1.85. The molecule has 0 bridgehead atoms. The van der Waals surface area contributed by atoms with E-state index in [1.165, 1.54) is 0 Å². The normalized spacial score (nSPS) is 12.3. The molecule has 34 heavy (non-hydrogen) atoms. The van der Waals surface area contributed by atoms with Gasteiger partial charge in [0.25, 0.3) is 5.91 Å². The van der Waals surface area contributed by atoms with Crippen LogP contribution in [0.25, 0.3) is 21.8 Å². The van der Waals surface area contributed by atoms with Crippen LogP contribution in [0.3, 0.4) is 0 Å². The van der Waals surface area contributed by atoms with E-state index in [0.29, 0.717) is 22.6 Å². The van der Waals surface area contributed by atoms with Gasteiger partial charge in [-0.2, -0.15) is 0 Å². The van der Waals surface area contributed by atoms with Gasteiger partial charge in [0.2, 0.25) is 5.78 Å². The van der Waals surface area contributed by atoms with Gasteiger partial charge in [0.15, 0.2) is 5.78 Å². The average molecular weight is 455 g/mol. The van der Waals surface area contributed by atoms with Gasteiger partial charge in [0, 0.05) is 51.1 Å². The van der Waals surface area contributed by atoms with Gasteiger partial charge in [0.1, 0.15) is 0 Å². The van der Waals surface area contributed by atoms with Crippen molar-refractivity contribution in [3.05, 3.63) is 83.4 Å². The predicted molar refractivity (Wildman–Crippen MR) is 136 cm³/mol. The monoisotopic (exact) mass is 454 g/mol. The number of fused-ring (bicyclic) bond motifs is 3. The summed E-state index contributed by atoms with van der Waals surface area (Å²) in [4.78, 5) is 38.4. The molecule has 1 atom stereocenters. The quantitative estimate of drug-likeness (QED) is 0.271. The number of hydrogen-bond acceptors (Lipinski definition) is 3. The summed E-state index contributed by atoms with van der Waals surface area (Å²) in [5, 5.41) is 4.51. The first-order chi connectivity index (χ1) is 16.3. The molecule has 4 rings (SSSR count). The first-order valence-electron chi connectivity index (χ1n) is 11.8. The van der Waals surface area contributed by atoms with E-state index in [1.54, 1.807) is 24.3 Å². The summed E-state index contributed by atoms with van der Waals surface area (Å²) in [5.41, 5.74) is 3.55. The molecule has 0 aliphatic rings. The molecule has 1 amide bonds. The third-order valence-electron chi connectivity index (χ3n) is 6.17. The fourth-order valence-corrected chi connectivity index (χ4v) is 4.23. The number of hydrogen-bond donors (Lipinski definition) is 1. The van der Waals surface area contributed by atoms with Crippen molar-refractivity contribution in [3.63, 3.8) is 0 Å². The van der Waals surface area contributed by atoms with Crippen molar-refractivity contribution in [2.24, 2.45) is 5.92 Å². The van der Waals surface area contributed by atoms with Crippen LogP contribution in [-0.4, -0.2) is 28.1 Å². The van der Waals surface area contributed by atoms with Crippen molar-refractivity contribution in [2.45, 2.75) is 46.7 Å². The molecule has 0 aliphatic carbocycles. The number of ketones is 2. The van der Waals surface area contributed by atoms with Crippen molar-refractivity contribution in [1.29, 1.82) is 0 Å². The molecule has 5 heteroatoms. The smallest absolute Gasteiger partial charge is 0.292 e. The third kappa shape index (κ3) is 4.51. The minimum Gasteiger partial charge on any atom is -0.347 e. The summed E-state index contributed by atoms with van der Waals surface area (Å²) in [6.07, 6.45) is 0.749. The Kier molecular flexibility index (Phi) is 6.64. The van der Waals surface area contributed by atoms with E-state index in [2.05, 4.69) is 23.7 Å². The standard InChI is InChI=1S/C29H30N2O3/c1-5-19(4)30-29(34)28(33)22-12-14-26-24(16-22)23-15-21(27(32)20-9-7-6-8-10-20)11-13-25(23)31(26)17-18(2)3/h6-16,18-19H,5,17H2,1-4H3,(H,30,34). The number of aromatic nitrogens is 1. The predicted octanol–water partition coefficient (Wildman–Crippen LogP) is 5.78. The molecule has 5 nitrogen and oxygen atoms in total. The van der Waals surface area contributed by atoms with Crippen molar-refractivity contribution < 1.29 is 14.4 Å². The number of nitrogens with one attached hydrogen (secondary N) is 1. The van der Waals surface area contributed by atoms with Gasteiger partial charge in [-0.3, -0.25) is 14.4 Å². The van der Waals surface area contributed by atoms with E-state index in [4.69, 9.17) is 0 Å². The molecular formula is C29H30N2O3. The summed E-state index contributed by atoms with van der Waals surface area (Å²) >= 11 is 0. The highest BCUT2D eigenvalue weighted by Crippen LogP contribution is 2.32. The molecule has 1 heterocycles. The van der Waals surface area contributed by atoms with Gasteiger partial charge in [0.05, 0.1) is 0 Å². The second-order valence-corrected chi connectivity index (χ2v) is 9.28. The van der Waals surface area contributed by atoms with E-state index < -0.39 is 11.7 Å². The Hall–Kier alpha value is -3.73. The largest absolute Gasteiger partial charge is 0.347 e. The molecule has 1 unspecified atom stereocenters. The highest BCUT2D eigenvalue weighted by Gasteiger charge is 2.21. The van der Waals surface area contributed by atoms with Gasteiger partial charge in [-0.25, -0.2) is 0 Å². The maximum atomic E-state index is 13.1. The van der Waals surface area contributed by atoms with Crippen LogP contribution in [0.5, 0.6) is 0 Å². The Labute approximate surface area is 199 Å². The van der Waals surface area contributed by atoms with Gasteiger partial charge < -0.3 is 9.88 Å². The van der Waals surface area contributed by atoms with Crippen LogP contribution in [0.2, 0.25) is 0 Å². The van der Waals surface area contributed by atoms with Crippen LogP contribution >= 0.6 is 0 Å². The maximum Gasteiger partial charge on any atom is 0.292 e. The number of rotatable bonds is 8. The van der Waals surface area contributed by atoms with Crippen molar-refractivity contribution in [2.75, 3.05) is 0 Å². The highest BCUT2D eigenvalue weighted by atomic mass is 16.2. The molecule has 0 aliphatic heterocycles. The molecule has 0 spiro atoms. The Morgan fingerprint density at radius 3 is 1.97 bits per heavy atom. The molecule has 0 radical (unpaired) electrons. The second-order valence-electron chi connectivity index (χ2n) is 9.28. The lowest BCUT2D eigenvalue weighted by Crippen LogP contribution is -2.37. The lowest BCUT2D eigenvalue weighted by atomic mass is 10.0. The number of carbonyl (C=O) groups excluding carboxylic acids is 3. The van der Waals surface area contributed by atoms with Gasteiger partial charge in [-0.05, 0) is 55.7 Å². The first-order valence-corrected chi connectivity index (χ1v) is 11.8. The maximum absolute atomic E-state index is 13.1. The van der Waals surface area contributed by atoms with Gasteiger partial charge >= 0.3 is 0 Å². The molecule has 0 saturated carbocycles. The van der Waals surface area contributed by atoms with Crippen molar-refractivity contribution >= 4 is 39.3 Å². The van der Waals surface area contributed by atoms with Crippen molar-refractivity contribution in [1.82, 2.24) is 9.88 Å². The molecule has 0 saturated heterocycles. The van der Waals surface area contributed by atoms with Crippen molar-refractivity contribution in [3.8, 4) is 0 Å². The van der Waals surface area contributed by atoms with E-state index >= 15 is 0 Å². The molecule has 3 aromatic carbocycles. The van der Waals surface area contributed by atoms with Crippen LogP contribution in [0, 0.1) is 5.92 Å². The number of carbonyl (C=O) groups is 3. The van der Waals surface area contributed by atoms with Gasteiger partial charge in [-0.15, -0.1) is 0 Å². The Bertz CT molecular complexity index is 1380. The molecule has 174 valence electrons. The summed E-state index contributed by atoms with van der Waals surface area (Å²) < 4.78 is 2.22. The minimum absolute atomic E-state index is 0.0487. The third-order valence-corrected chi connectivity index (χ3v) is 6.17. The summed E-state index contributed by atoms with van der Waals surface area (Å²) in [5.74, 6) is -0.789. The van der Waals surface area contributed by atoms with E-state index in [0.717, 1.165) is 34.8 Å². The zero-order valence-electron chi connectivity index (χ0n) is 20.1. The topological polar surface area (TPSA) is 68.2 Å². The highest BCUT2D eigenvalue weighted by molar-refractivity contribution is 6.43. The summed E-state index contributed by atoms with van der Waals surface area (Å²) in [6, 6.07) is 20.3. The minimum atomic E-state index is -0.598. The van der Waals surface area contributed by atoms with Crippen LogP contribution in [-0.2, 0) is 11.3 Å². The summed E-state index contributed by atoms with van der Waals surface area (Å²) in [6.45, 7) is 8.94. The number of nitrogens with zero attached hydrogens (tertiary/aromatic N) is 1. The van der Waals surface area contributed by atoms with E-state index in [-0.39, 0.29) is 11.8 Å². The zero-order chi connectivity index (χ0) is 24.4. The number of benzene rings is 3. The molecule has 1 aromatic heterocycles. The molecular weight excluding hydrogens is 424 g/mol. The van der Waals surface area contributed by atoms with Crippen LogP contribution in [0.1, 0.15) is 60.4 Å². The van der Waals surface area contributed by atoms with E-state index in [9.17, 15) is 14.4 Å². The fraction of sp³-hybridized carbons (Fsp3) is 0.276. The van der Waals surface area contributed by atoms with Crippen LogP contribution in [0.15, 0.2) is 66.7 Å². The average Bonchev–Trinajstić information content (AvgIpc) is 3.15. The molecule has 1 N–H and O–H groups in total. The number of Topliss-reactive ketones (excluding diaryl/α,β-unsaturated/α-hetero) is 1. The lowest BCUT2D eigenvalue weighted by Gasteiger charge is -2.11. The lowest BCUT2D eigenvalue weighted by molar-refractivity contribution is -0.117. The molecule has 4 aromatic rings. The first kappa shape index (κ1) is 23.4.